The number of aryl methyl sites for hydroxylation is 3. The van der Waals surface area contributed by atoms with E-state index >= 15 is 0 Å². The zero-order chi connectivity index (χ0) is 24.1. The quantitative estimate of drug-likeness (QED) is 0.322. The van der Waals surface area contributed by atoms with Crippen molar-refractivity contribution in [3.05, 3.63) is 92.9 Å². The minimum atomic E-state index is -1.35. The Morgan fingerprint density at radius 2 is 1.69 bits per heavy atom. The van der Waals surface area contributed by atoms with E-state index in [9.17, 15) is 24.6 Å². The number of carbonyl (C=O) groups is 2. The second-order valence-corrected chi connectivity index (χ2v) is 8.07. The Morgan fingerprint density at radius 1 is 1.03 bits per heavy atom. The van der Waals surface area contributed by atoms with Crippen LogP contribution in [-0.4, -0.2) is 16.6 Å². The normalized spacial score (nSPS) is 10.9. The number of hydrogen-bond donors (Lipinski definition) is 2. The largest absolute Gasteiger partial charge is 1.00 e. The van der Waals surface area contributed by atoms with Crippen LogP contribution < -0.4 is 85.5 Å². The van der Waals surface area contributed by atoms with Crippen LogP contribution in [0.4, 0.5) is 10.5 Å². The van der Waals surface area contributed by atoms with Crippen molar-refractivity contribution < 1.29 is 78.9 Å². The Morgan fingerprint density at radius 3 is 2.31 bits per heavy atom. The molecule has 8 nitrogen and oxygen atoms in total. The first kappa shape index (κ1) is 31.0. The molecule has 1 aromatic heterocycles. The van der Waals surface area contributed by atoms with Crippen LogP contribution in [0.2, 0.25) is 0 Å². The van der Waals surface area contributed by atoms with E-state index in [1.54, 1.807) is 12.1 Å². The van der Waals surface area contributed by atoms with Gasteiger partial charge in [-0.3, -0.25) is 4.79 Å². The fourth-order valence-electron chi connectivity index (χ4n) is 3.58. The molecule has 35 heavy (non-hydrogen) atoms. The number of anilines is 1. The standard InChI is InChI=1S/C25H27N3O5.2Na/c1-15-7-9-17(10-8-15)11-18-5-4-6-19(12-18)20(13-21(29)30)26-25(33)27-22-23(31)16(2)14-28(3)24(22)32;;/h4-10,12,14,20,31H,11,13H2,1-3H3,(H,29,30)(H2,26,27,33);;/q;2*+1/p-2/t20-;;/m0../s1. The zero-order valence-electron chi connectivity index (χ0n) is 20.7. The maximum absolute atomic E-state index is 12.6. The van der Waals surface area contributed by atoms with Crippen molar-refractivity contribution in [3.8, 4) is 5.75 Å². The Kier molecular flexibility index (Phi) is 12.3. The summed E-state index contributed by atoms with van der Waals surface area (Å²) in [5.41, 5.74) is 3.00. The fraction of sp³-hybridized carbons (Fsp3) is 0.240. The van der Waals surface area contributed by atoms with Crippen molar-refractivity contribution in [2.24, 2.45) is 7.05 Å². The fourth-order valence-corrected chi connectivity index (χ4v) is 3.58. The number of hydrogen-bond acceptors (Lipinski definition) is 5. The second-order valence-electron chi connectivity index (χ2n) is 8.07. The van der Waals surface area contributed by atoms with Gasteiger partial charge in [0, 0.05) is 25.6 Å². The summed E-state index contributed by atoms with van der Waals surface area (Å²) >= 11 is 0. The van der Waals surface area contributed by atoms with Gasteiger partial charge >= 0.3 is 65.1 Å². The van der Waals surface area contributed by atoms with Crippen molar-refractivity contribution in [2.45, 2.75) is 32.7 Å². The van der Waals surface area contributed by atoms with E-state index in [0.717, 1.165) is 16.7 Å². The smallest absolute Gasteiger partial charge is 0.871 e. The van der Waals surface area contributed by atoms with E-state index in [-0.39, 0.29) is 59.1 Å². The molecular weight excluding hydrogens is 468 g/mol. The van der Waals surface area contributed by atoms with Gasteiger partial charge in [-0.25, -0.2) is 4.79 Å². The molecule has 2 N–H and O–H groups in total. The van der Waals surface area contributed by atoms with E-state index in [2.05, 4.69) is 10.6 Å². The number of pyridine rings is 1. The van der Waals surface area contributed by atoms with E-state index in [1.807, 2.05) is 43.3 Å². The maximum atomic E-state index is 12.6. The molecule has 1 atom stereocenters. The monoisotopic (exact) mass is 493 g/mol. The molecule has 0 bridgehead atoms. The number of carboxylic acid groups (broad SMARTS) is 1. The van der Waals surface area contributed by atoms with Gasteiger partial charge in [-0.15, -0.1) is 0 Å². The molecule has 10 heteroatoms. The number of aromatic nitrogens is 1. The van der Waals surface area contributed by atoms with Crippen LogP contribution >= 0.6 is 0 Å². The topological polar surface area (TPSA) is 126 Å². The van der Waals surface area contributed by atoms with E-state index < -0.39 is 41.5 Å². The van der Waals surface area contributed by atoms with Gasteiger partial charge in [-0.2, -0.15) is 0 Å². The van der Waals surface area contributed by atoms with Crippen molar-refractivity contribution in [3.63, 3.8) is 0 Å². The van der Waals surface area contributed by atoms with Gasteiger partial charge in [0.1, 0.15) is 5.69 Å². The summed E-state index contributed by atoms with van der Waals surface area (Å²) < 4.78 is 1.19. The first-order valence-corrected chi connectivity index (χ1v) is 10.4. The second kappa shape index (κ2) is 13.9. The van der Waals surface area contributed by atoms with Crippen LogP contribution in [0, 0.1) is 13.8 Å². The van der Waals surface area contributed by atoms with Crippen molar-refractivity contribution in [2.75, 3.05) is 5.32 Å². The number of benzene rings is 2. The zero-order valence-corrected chi connectivity index (χ0v) is 24.7. The predicted molar refractivity (Wildman–Crippen MR) is 121 cm³/mol. The molecule has 0 fully saturated rings. The van der Waals surface area contributed by atoms with Gasteiger partial charge in [-0.1, -0.05) is 59.8 Å². The summed E-state index contributed by atoms with van der Waals surface area (Å²) in [6.45, 7) is 3.54. The minimum Gasteiger partial charge on any atom is -0.871 e. The molecule has 172 valence electrons. The molecule has 0 saturated carbocycles. The van der Waals surface area contributed by atoms with Crippen LogP contribution in [0.5, 0.6) is 5.75 Å². The van der Waals surface area contributed by atoms with Gasteiger partial charge < -0.3 is 30.2 Å². The molecule has 0 aliphatic carbocycles. The number of rotatable bonds is 7. The Hall–Kier alpha value is -2.07. The molecule has 3 rings (SSSR count). The predicted octanol–water partition coefficient (Wildman–Crippen LogP) is -4.32. The maximum Gasteiger partial charge on any atom is 1.00 e. The van der Waals surface area contributed by atoms with Gasteiger partial charge in [0.05, 0.1) is 6.04 Å². The Balaban J connectivity index is 0.00000306. The molecule has 0 aliphatic heterocycles. The van der Waals surface area contributed by atoms with Crippen molar-refractivity contribution >= 4 is 17.7 Å². The molecule has 1 heterocycles. The van der Waals surface area contributed by atoms with Crippen LogP contribution in [-0.2, 0) is 18.3 Å². The van der Waals surface area contributed by atoms with E-state index in [4.69, 9.17) is 0 Å². The summed E-state index contributed by atoms with van der Waals surface area (Å²) in [6.07, 6.45) is 1.54. The van der Waals surface area contributed by atoms with Gasteiger partial charge in [-0.05, 0) is 42.5 Å². The number of nitrogens with one attached hydrogen (secondary N) is 2. The number of carboxylic acids is 1. The minimum absolute atomic E-state index is 0. The molecule has 3 aromatic rings. The molecule has 0 radical (unpaired) electrons. The number of urea groups is 1. The SMILES string of the molecule is Cc1ccc(Cc2cccc([C@H](CC(=O)[O-])NC(=O)Nc3c([O-])c(C)cn(C)c3=O)c2)cc1.[Na+].[Na+]. The summed E-state index contributed by atoms with van der Waals surface area (Å²) in [5, 5.41) is 28.5. The van der Waals surface area contributed by atoms with Crippen LogP contribution in [0.25, 0.3) is 0 Å². The molecule has 0 saturated heterocycles. The molecule has 2 aromatic carbocycles. The summed E-state index contributed by atoms with van der Waals surface area (Å²) in [6, 6.07) is 13.5. The number of aliphatic carboxylic acids is 1. The molecule has 2 amide bonds. The number of carbonyl (C=O) groups excluding carboxylic acids is 2. The number of nitrogens with zero attached hydrogens (tertiary/aromatic N) is 1. The Labute approximate surface area is 248 Å². The average Bonchev–Trinajstić information content (AvgIpc) is 2.76. The third kappa shape index (κ3) is 8.52. The first-order chi connectivity index (χ1) is 15.6. The summed E-state index contributed by atoms with van der Waals surface area (Å²) in [5.74, 6) is -1.94. The van der Waals surface area contributed by atoms with Crippen LogP contribution in [0.1, 0.15) is 40.3 Å². The van der Waals surface area contributed by atoms with Crippen molar-refractivity contribution in [1.82, 2.24) is 9.88 Å². The van der Waals surface area contributed by atoms with Gasteiger partial charge in [0.2, 0.25) is 0 Å². The van der Waals surface area contributed by atoms with Gasteiger partial charge in [0.25, 0.3) is 5.56 Å². The average molecular weight is 493 g/mol. The number of amides is 2. The van der Waals surface area contributed by atoms with Crippen LogP contribution in [0.3, 0.4) is 0 Å². The van der Waals surface area contributed by atoms with E-state index in [0.29, 0.717) is 17.5 Å². The van der Waals surface area contributed by atoms with E-state index in [1.165, 1.54) is 24.7 Å². The summed E-state index contributed by atoms with van der Waals surface area (Å²) in [7, 11) is 1.47. The third-order valence-corrected chi connectivity index (χ3v) is 5.30. The Bertz CT molecular complexity index is 1240. The third-order valence-electron chi connectivity index (χ3n) is 5.30. The van der Waals surface area contributed by atoms with Crippen molar-refractivity contribution in [1.29, 1.82) is 0 Å². The summed E-state index contributed by atoms with van der Waals surface area (Å²) in [4.78, 5) is 36.2. The van der Waals surface area contributed by atoms with Crippen LogP contribution in [0.15, 0.2) is 59.5 Å². The molecule has 0 aliphatic rings. The van der Waals surface area contributed by atoms with Gasteiger partial charge in [0.15, 0.2) is 0 Å². The molecular formula is C25H25N3Na2O5. The molecule has 0 unspecified atom stereocenters. The first-order valence-electron chi connectivity index (χ1n) is 10.4. The molecule has 0 spiro atoms.